The first-order chi connectivity index (χ1) is 9.30. The topological polar surface area (TPSA) is 67.4 Å². The first-order valence-electron chi connectivity index (χ1n) is 6.51. The number of nitrogens with zero attached hydrogens (tertiary/aromatic N) is 3. The van der Waals surface area contributed by atoms with Crippen LogP contribution in [0.1, 0.15) is 32.0 Å². The third kappa shape index (κ3) is 3.30. The van der Waals surface area contributed by atoms with E-state index >= 15 is 0 Å². The van der Waals surface area contributed by atoms with Crippen molar-refractivity contribution in [2.24, 2.45) is 0 Å². The van der Waals surface area contributed by atoms with Crippen molar-refractivity contribution in [3.63, 3.8) is 0 Å². The Bertz CT molecular complexity index is 528. The number of rotatable bonds is 1. The van der Waals surface area contributed by atoms with Gasteiger partial charge in [-0.05, 0) is 38.8 Å². The molecule has 0 atom stereocenters. The minimum atomic E-state index is -0.503. The third-order valence-electron chi connectivity index (χ3n) is 2.93. The van der Waals surface area contributed by atoms with E-state index in [4.69, 9.17) is 16.3 Å². The molecular weight excluding hydrogens is 280 g/mol. The summed E-state index contributed by atoms with van der Waals surface area (Å²) in [6.07, 6.45) is 0.353. The highest BCUT2D eigenvalue weighted by Gasteiger charge is 2.28. The summed E-state index contributed by atoms with van der Waals surface area (Å²) in [5, 5.41) is 3.19. The molecule has 0 bridgehead atoms. The van der Waals surface area contributed by atoms with Crippen LogP contribution in [0, 0.1) is 0 Å². The number of ether oxygens (including phenoxy) is 1. The second kappa shape index (κ2) is 5.44. The summed E-state index contributed by atoms with van der Waals surface area (Å²) in [6.45, 7) is 6.52. The molecule has 0 saturated carbocycles. The van der Waals surface area contributed by atoms with Gasteiger partial charge in [0.2, 0.25) is 5.28 Å². The standard InChI is InChI=1S/C13H19ClN4O2/c1-13(2,3)20-12(19)18-6-5-8-9(7-18)16-11(14)17-10(8)15-4/h5-7H2,1-4H3,(H,15,16,17). The maximum atomic E-state index is 12.1. The maximum Gasteiger partial charge on any atom is 0.410 e. The molecule has 1 aliphatic heterocycles. The maximum absolute atomic E-state index is 12.1. The summed E-state index contributed by atoms with van der Waals surface area (Å²) >= 11 is 5.90. The fourth-order valence-corrected chi connectivity index (χ4v) is 2.28. The van der Waals surface area contributed by atoms with Gasteiger partial charge in [-0.2, -0.15) is 0 Å². The summed E-state index contributed by atoms with van der Waals surface area (Å²) in [6, 6.07) is 0. The zero-order valence-electron chi connectivity index (χ0n) is 12.2. The summed E-state index contributed by atoms with van der Waals surface area (Å²) in [5.74, 6) is 0.726. The van der Waals surface area contributed by atoms with Crippen LogP contribution in [0.4, 0.5) is 10.6 Å². The molecule has 2 rings (SSSR count). The molecule has 110 valence electrons. The molecule has 6 nitrogen and oxygen atoms in total. The molecule has 0 unspecified atom stereocenters. The Morgan fingerprint density at radius 2 is 2.10 bits per heavy atom. The lowest BCUT2D eigenvalue weighted by Crippen LogP contribution is -2.40. The van der Waals surface area contributed by atoms with Crippen molar-refractivity contribution in [2.45, 2.75) is 39.3 Å². The normalized spacial score (nSPS) is 14.8. The third-order valence-corrected chi connectivity index (χ3v) is 3.10. The van der Waals surface area contributed by atoms with E-state index in [-0.39, 0.29) is 11.4 Å². The average Bonchev–Trinajstić information content (AvgIpc) is 2.34. The molecule has 1 amide bonds. The molecule has 0 aliphatic carbocycles. The Labute approximate surface area is 123 Å². The lowest BCUT2D eigenvalue weighted by molar-refractivity contribution is 0.0221. The van der Waals surface area contributed by atoms with Crippen LogP contribution in [0.3, 0.4) is 0 Å². The molecule has 0 radical (unpaired) electrons. The van der Waals surface area contributed by atoms with E-state index in [1.807, 2.05) is 20.8 Å². The van der Waals surface area contributed by atoms with Crippen LogP contribution in [-0.2, 0) is 17.7 Å². The monoisotopic (exact) mass is 298 g/mol. The number of hydrogen-bond donors (Lipinski definition) is 1. The van der Waals surface area contributed by atoms with Crippen molar-refractivity contribution >= 4 is 23.5 Å². The molecule has 0 fully saturated rings. The van der Waals surface area contributed by atoms with Gasteiger partial charge in [0.15, 0.2) is 0 Å². The summed E-state index contributed by atoms with van der Waals surface area (Å²) in [7, 11) is 1.79. The lowest BCUT2D eigenvalue weighted by atomic mass is 10.1. The fraction of sp³-hybridized carbons (Fsp3) is 0.615. The first-order valence-corrected chi connectivity index (χ1v) is 6.89. The van der Waals surface area contributed by atoms with E-state index in [0.717, 1.165) is 17.1 Å². The Morgan fingerprint density at radius 3 is 2.70 bits per heavy atom. The van der Waals surface area contributed by atoms with Crippen LogP contribution in [0.15, 0.2) is 0 Å². The number of amides is 1. The van der Waals surface area contributed by atoms with E-state index in [0.29, 0.717) is 19.5 Å². The van der Waals surface area contributed by atoms with Gasteiger partial charge in [0.05, 0.1) is 12.2 Å². The number of halogens is 1. The fourth-order valence-electron chi connectivity index (χ4n) is 2.09. The van der Waals surface area contributed by atoms with Crippen molar-refractivity contribution in [2.75, 3.05) is 18.9 Å². The molecule has 1 aliphatic rings. The number of fused-ring (bicyclic) bond motifs is 1. The van der Waals surface area contributed by atoms with E-state index in [1.165, 1.54) is 0 Å². The van der Waals surface area contributed by atoms with Gasteiger partial charge in [-0.1, -0.05) is 0 Å². The number of nitrogens with one attached hydrogen (secondary N) is 1. The number of carbonyl (C=O) groups excluding carboxylic acids is 1. The minimum absolute atomic E-state index is 0.180. The van der Waals surface area contributed by atoms with Crippen molar-refractivity contribution in [3.8, 4) is 0 Å². The van der Waals surface area contributed by atoms with Gasteiger partial charge in [0.25, 0.3) is 0 Å². The molecule has 1 aromatic rings. The highest BCUT2D eigenvalue weighted by molar-refractivity contribution is 6.28. The van der Waals surface area contributed by atoms with Gasteiger partial charge >= 0.3 is 6.09 Å². The number of anilines is 1. The van der Waals surface area contributed by atoms with Crippen LogP contribution in [-0.4, -0.2) is 40.2 Å². The second-order valence-electron chi connectivity index (χ2n) is 5.67. The van der Waals surface area contributed by atoms with Crippen LogP contribution < -0.4 is 5.32 Å². The number of hydrogen-bond acceptors (Lipinski definition) is 5. The van der Waals surface area contributed by atoms with E-state index in [9.17, 15) is 4.79 Å². The summed E-state index contributed by atoms with van der Waals surface area (Å²) in [4.78, 5) is 22.1. The number of aromatic nitrogens is 2. The smallest absolute Gasteiger partial charge is 0.410 e. The molecule has 0 spiro atoms. The van der Waals surface area contributed by atoms with Crippen LogP contribution >= 0.6 is 11.6 Å². The van der Waals surface area contributed by atoms with Gasteiger partial charge in [-0.25, -0.2) is 14.8 Å². The lowest BCUT2D eigenvalue weighted by Gasteiger charge is -2.31. The highest BCUT2D eigenvalue weighted by atomic mass is 35.5. The Kier molecular flexibility index (Phi) is 4.04. The quantitative estimate of drug-likeness (QED) is 0.807. The highest BCUT2D eigenvalue weighted by Crippen LogP contribution is 2.25. The predicted octanol–water partition coefficient (Wildman–Crippen LogP) is 2.46. The molecule has 0 aromatic carbocycles. The van der Waals surface area contributed by atoms with Gasteiger partial charge in [0.1, 0.15) is 11.4 Å². The van der Waals surface area contributed by atoms with Gasteiger partial charge in [-0.15, -0.1) is 0 Å². The summed E-state index contributed by atoms with van der Waals surface area (Å²) < 4.78 is 5.37. The second-order valence-corrected chi connectivity index (χ2v) is 6.01. The molecule has 0 saturated heterocycles. The van der Waals surface area contributed by atoms with E-state index in [2.05, 4.69) is 15.3 Å². The first kappa shape index (κ1) is 14.8. The minimum Gasteiger partial charge on any atom is -0.444 e. The largest absolute Gasteiger partial charge is 0.444 e. The molecule has 7 heteroatoms. The van der Waals surface area contributed by atoms with Crippen molar-refractivity contribution < 1.29 is 9.53 Å². The van der Waals surface area contributed by atoms with Crippen LogP contribution in [0.2, 0.25) is 5.28 Å². The zero-order valence-corrected chi connectivity index (χ0v) is 12.9. The Morgan fingerprint density at radius 1 is 1.40 bits per heavy atom. The predicted molar refractivity (Wildman–Crippen MR) is 76.9 cm³/mol. The van der Waals surface area contributed by atoms with Gasteiger partial charge in [-0.3, -0.25) is 0 Å². The Balaban J connectivity index is 2.19. The van der Waals surface area contributed by atoms with Crippen molar-refractivity contribution in [3.05, 3.63) is 16.5 Å². The number of carbonyl (C=O) groups is 1. The average molecular weight is 299 g/mol. The van der Waals surface area contributed by atoms with Gasteiger partial charge in [0, 0.05) is 19.2 Å². The van der Waals surface area contributed by atoms with E-state index < -0.39 is 5.60 Å². The van der Waals surface area contributed by atoms with Crippen molar-refractivity contribution in [1.29, 1.82) is 0 Å². The zero-order chi connectivity index (χ0) is 14.9. The molecular formula is C13H19ClN4O2. The van der Waals surface area contributed by atoms with Crippen LogP contribution in [0.25, 0.3) is 0 Å². The van der Waals surface area contributed by atoms with Crippen LogP contribution in [0.5, 0.6) is 0 Å². The van der Waals surface area contributed by atoms with Crippen molar-refractivity contribution in [1.82, 2.24) is 14.9 Å². The van der Waals surface area contributed by atoms with E-state index in [1.54, 1.807) is 11.9 Å². The SMILES string of the molecule is CNc1nc(Cl)nc2c1CCN(C(=O)OC(C)(C)C)C2. The molecule has 2 heterocycles. The molecule has 1 N–H and O–H groups in total. The van der Waals surface area contributed by atoms with Gasteiger partial charge < -0.3 is 15.0 Å². The summed E-state index contributed by atoms with van der Waals surface area (Å²) in [5.41, 5.74) is 1.28. The Hall–Kier alpha value is -1.56. The molecule has 20 heavy (non-hydrogen) atoms. The molecule has 1 aromatic heterocycles.